The molecule has 2 rings (SSSR count). The molecular formula is C22H28ClN3O4. The molecule has 162 valence electrons. The second-order valence-electron chi connectivity index (χ2n) is 6.46. The fourth-order valence-electron chi connectivity index (χ4n) is 2.57. The van der Waals surface area contributed by atoms with Gasteiger partial charge in [-0.1, -0.05) is 18.5 Å². The summed E-state index contributed by atoms with van der Waals surface area (Å²) in [6.07, 6.45) is 1.22. The van der Waals surface area contributed by atoms with Gasteiger partial charge >= 0.3 is 0 Å². The highest BCUT2D eigenvalue weighted by atomic mass is 35.5. The summed E-state index contributed by atoms with van der Waals surface area (Å²) in [6, 6.07) is 12.2. The van der Waals surface area contributed by atoms with Crippen LogP contribution >= 0.6 is 11.6 Å². The zero-order valence-electron chi connectivity index (χ0n) is 17.3. The molecule has 2 aromatic carbocycles. The highest BCUT2D eigenvalue weighted by Gasteiger charge is 2.08. The first kappa shape index (κ1) is 23.5. The van der Waals surface area contributed by atoms with E-state index in [0.717, 1.165) is 6.42 Å². The number of rotatable bonds is 12. The zero-order chi connectivity index (χ0) is 21.8. The van der Waals surface area contributed by atoms with E-state index in [2.05, 4.69) is 16.0 Å². The Labute approximate surface area is 182 Å². The van der Waals surface area contributed by atoms with Gasteiger partial charge < -0.3 is 25.4 Å². The van der Waals surface area contributed by atoms with Crippen LogP contribution in [0.1, 0.15) is 26.7 Å². The maximum absolute atomic E-state index is 12.2. The van der Waals surface area contributed by atoms with Gasteiger partial charge in [0.25, 0.3) is 0 Å². The lowest BCUT2D eigenvalue weighted by molar-refractivity contribution is -0.116. The van der Waals surface area contributed by atoms with Crippen molar-refractivity contribution < 1.29 is 19.1 Å². The third kappa shape index (κ3) is 8.31. The van der Waals surface area contributed by atoms with E-state index in [1.807, 2.05) is 13.8 Å². The molecule has 3 N–H and O–H groups in total. The van der Waals surface area contributed by atoms with Gasteiger partial charge in [0.1, 0.15) is 12.4 Å². The monoisotopic (exact) mass is 433 g/mol. The van der Waals surface area contributed by atoms with Crippen LogP contribution in [0, 0.1) is 0 Å². The smallest absolute Gasteiger partial charge is 0.243 e. The average molecular weight is 434 g/mol. The molecule has 2 amide bonds. The minimum Gasteiger partial charge on any atom is -0.491 e. The van der Waals surface area contributed by atoms with Gasteiger partial charge in [-0.2, -0.15) is 0 Å². The molecule has 0 radical (unpaired) electrons. The van der Waals surface area contributed by atoms with Crippen LogP contribution in [0.25, 0.3) is 0 Å². The Bertz CT molecular complexity index is 828. The van der Waals surface area contributed by atoms with Gasteiger partial charge in [0.2, 0.25) is 11.8 Å². The minimum atomic E-state index is -0.225. The van der Waals surface area contributed by atoms with Gasteiger partial charge in [0.15, 0.2) is 0 Å². The van der Waals surface area contributed by atoms with E-state index in [1.165, 1.54) is 0 Å². The van der Waals surface area contributed by atoms with Crippen LogP contribution in [0.4, 0.5) is 17.1 Å². The lowest BCUT2D eigenvalue weighted by Gasteiger charge is -2.12. The second-order valence-corrected chi connectivity index (χ2v) is 6.87. The molecule has 7 nitrogen and oxygen atoms in total. The zero-order valence-corrected chi connectivity index (χ0v) is 18.1. The van der Waals surface area contributed by atoms with Crippen molar-refractivity contribution in [1.29, 1.82) is 0 Å². The van der Waals surface area contributed by atoms with E-state index < -0.39 is 0 Å². The Hall–Kier alpha value is -2.77. The average Bonchev–Trinajstić information content (AvgIpc) is 2.73. The predicted molar refractivity (Wildman–Crippen MR) is 121 cm³/mol. The number of carbonyl (C=O) groups is 2. The van der Waals surface area contributed by atoms with E-state index in [9.17, 15) is 9.59 Å². The molecule has 0 aromatic heterocycles. The third-order valence-corrected chi connectivity index (χ3v) is 4.33. The molecule has 2 aromatic rings. The van der Waals surface area contributed by atoms with Gasteiger partial charge in [0.05, 0.1) is 23.9 Å². The minimum absolute atomic E-state index is 0.0265. The van der Waals surface area contributed by atoms with E-state index >= 15 is 0 Å². The number of carbonyl (C=O) groups excluding carboxylic acids is 2. The Morgan fingerprint density at radius 2 is 1.63 bits per heavy atom. The van der Waals surface area contributed by atoms with Crippen molar-refractivity contribution in [3.63, 3.8) is 0 Å². The highest BCUT2D eigenvalue weighted by molar-refractivity contribution is 6.33. The van der Waals surface area contributed by atoms with Gasteiger partial charge in [-0.3, -0.25) is 9.59 Å². The van der Waals surface area contributed by atoms with Crippen LogP contribution < -0.4 is 20.7 Å². The van der Waals surface area contributed by atoms with E-state index in [4.69, 9.17) is 21.1 Å². The molecule has 0 aliphatic carbocycles. The van der Waals surface area contributed by atoms with Crippen LogP contribution in [-0.2, 0) is 14.3 Å². The topological polar surface area (TPSA) is 88.7 Å². The normalized spacial score (nSPS) is 10.4. The number of nitrogens with one attached hydrogen (secondary N) is 3. The molecule has 0 aliphatic heterocycles. The Balaban J connectivity index is 1.83. The van der Waals surface area contributed by atoms with Crippen LogP contribution in [0.2, 0.25) is 5.02 Å². The van der Waals surface area contributed by atoms with E-state index in [-0.39, 0.29) is 18.4 Å². The molecule has 0 saturated carbocycles. The summed E-state index contributed by atoms with van der Waals surface area (Å²) in [5.74, 6) is 0.421. The van der Waals surface area contributed by atoms with Crippen molar-refractivity contribution in [2.75, 3.05) is 42.3 Å². The van der Waals surface area contributed by atoms with Crippen molar-refractivity contribution >= 4 is 40.5 Å². The fraction of sp³-hybridized carbons (Fsp3) is 0.364. The molecule has 0 fully saturated rings. The van der Waals surface area contributed by atoms with Crippen LogP contribution in [-0.4, -0.2) is 38.2 Å². The fourth-order valence-corrected chi connectivity index (χ4v) is 2.75. The number of anilines is 3. The van der Waals surface area contributed by atoms with Gasteiger partial charge in [-0.15, -0.1) is 0 Å². The van der Waals surface area contributed by atoms with E-state index in [0.29, 0.717) is 54.1 Å². The van der Waals surface area contributed by atoms with Gasteiger partial charge in [0, 0.05) is 24.4 Å². The molecule has 0 aliphatic rings. The number of hydrogen-bond acceptors (Lipinski definition) is 5. The molecule has 0 saturated heterocycles. The van der Waals surface area contributed by atoms with Crippen molar-refractivity contribution in [1.82, 2.24) is 0 Å². The summed E-state index contributed by atoms with van der Waals surface area (Å²) < 4.78 is 10.8. The largest absolute Gasteiger partial charge is 0.491 e. The second kappa shape index (κ2) is 12.7. The first-order valence-corrected chi connectivity index (χ1v) is 10.3. The molecule has 0 heterocycles. The summed E-state index contributed by atoms with van der Waals surface area (Å²) in [6.45, 7) is 5.57. The van der Waals surface area contributed by atoms with Crippen LogP contribution in [0.5, 0.6) is 5.75 Å². The summed E-state index contributed by atoms with van der Waals surface area (Å²) in [7, 11) is 0. The Kier molecular flexibility index (Phi) is 9.97. The van der Waals surface area contributed by atoms with Crippen molar-refractivity contribution in [3.8, 4) is 5.75 Å². The Morgan fingerprint density at radius 1 is 0.933 bits per heavy atom. The first-order valence-electron chi connectivity index (χ1n) is 9.95. The molecule has 0 spiro atoms. The summed E-state index contributed by atoms with van der Waals surface area (Å²) in [5, 5.41) is 9.07. The van der Waals surface area contributed by atoms with Gasteiger partial charge in [-0.25, -0.2) is 0 Å². The summed E-state index contributed by atoms with van der Waals surface area (Å²) >= 11 is 6.19. The van der Waals surface area contributed by atoms with Gasteiger partial charge in [-0.05, 0) is 55.8 Å². The van der Waals surface area contributed by atoms with Crippen LogP contribution in [0.3, 0.4) is 0 Å². The quantitative estimate of drug-likeness (QED) is 0.427. The number of benzene rings is 2. The van der Waals surface area contributed by atoms with Crippen molar-refractivity contribution in [2.45, 2.75) is 26.7 Å². The van der Waals surface area contributed by atoms with Crippen LogP contribution in [0.15, 0.2) is 42.5 Å². The molecule has 0 unspecified atom stereocenters. The number of halogens is 1. The maximum atomic E-state index is 12.2. The first-order chi connectivity index (χ1) is 14.5. The molecule has 30 heavy (non-hydrogen) atoms. The van der Waals surface area contributed by atoms with Crippen molar-refractivity contribution in [2.24, 2.45) is 0 Å². The SMILES string of the molecule is CCCC(=O)Nc1ccc(Cl)c(NCC(=O)Nc2ccc(OCCOCC)cc2)c1. The van der Waals surface area contributed by atoms with Crippen molar-refractivity contribution in [3.05, 3.63) is 47.5 Å². The molecule has 0 bridgehead atoms. The summed E-state index contributed by atoms with van der Waals surface area (Å²) in [5.41, 5.74) is 1.85. The number of ether oxygens (including phenoxy) is 2. The molecule has 8 heteroatoms. The highest BCUT2D eigenvalue weighted by Crippen LogP contribution is 2.25. The van der Waals surface area contributed by atoms with E-state index in [1.54, 1.807) is 42.5 Å². The number of amides is 2. The maximum Gasteiger partial charge on any atom is 0.243 e. The standard InChI is InChI=1S/C22H28ClN3O4/c1-3-5-21(27)26-17-8-11-19(23)20(14-17)24-15-22(28)25-16-6-9-18(10-7-16)30-13-12-29-4-2/h6-11,14,24H,3-5,12-13,15H2,1-2H3,(H,25,28)(H,26,27). The molecular weight excluding hydrogens is 406 g/mol. The lowest BCUT2D eigenvalue weighted by Crippen LogP contribution is -2.22. The summed E-state index contributed by atoms with van der Waals surface area (Å²) in [4.78, 5) is 24.0. The third-order valence-electron chi connectivity index (χ3n) is 4.01. The Morgan fingerprint density at radius 3 is 2.33 bits per heavy atom. The molecule has 0 atom stereocenters. The lowest BCUT2D eigenvalue weighted by atomic mass is 10.2. The predicted octanol–water partition coefficient (Wildman–Crippen LogP) is 4.54. The number of hydrogen-bond donors (Lipinski definition) is 3.